The van der Waals surface area contributed by atoms with Crippen molar-refractivity contribution in [2.24, 2.45) is 0 Å². The predicted molar refractivity (Wildman–Crippen MR) is 56.4 cm³/mol. The van der Waals surface area contributed by atoms with E-state index in [1.54, 1.807) is 12.1 Å². The number of aromatic carboxylic acids is 1. The van der Waals surface area contributed by atoms with Gasteiger partial charge < -0.3 is 5.11 Å². The van der Waals surface area contributed by atoms with Crippen molar-refractivity contribution in [2.45, 2.75) is 0 Å². The molecule has 0 saturated carbocycles. The number of hydrogen-bond donors (Lipinski definition) is 1. The first-order valence-corrected chi connectivity index (χ1v) is 5.32. The fraction of sp³-hybridized carbons (Fsp3) is 0. The highest BCUT2D eigenvalue weighted by Crippen LogP contribution is 2.36. The van der Waals surface area contributed by atoms with Crippen molar-refractivity contribution in [3.05, 3.63) is 33.4 Å². The predicted octanol–water partition coefficient (Wildman–Crippen LogP) is 3.50. The van der Waals surface area contributed by atoms with E-state index in [0.29, 0.717) is 14.6 Å². The second kappa shape index (κ2) is 3.33. The van der Waals surface area contributed by atoms with E-state index in [-0.39, 0.29) is 4.88 Å². The van der Waals surface area contributed by atoms with Crippen LogP contribution in [-0.4, -0.2) is 11.1 Å². The van der Waals surface area contributed by atoms with Crippen LogP contribution in [0.1, 0.15) is 9.67 Å². The molecular formula is C9H4BrFO2S. The van der Waals surface area contributed by atoms with Gasteiger partial charge in [0.1, 0.15) is 10.7 Å². The Kier molecular flexibility index (Phi) is 2.28. The first-order chi connectivity index (χ1) is 6.61. The Morgan fingerprint density at radius 2 is 2.21 bits per heavy atom. The van der Waals surface area contributed by atoms with E-state index in [4.69, 9.17) is 5.11 Å². The van der Waals surface area contributed by atoms with E-state index in [0.717, 1.165) is 11.3 Å². The number of rotatable bonds is 1. The van der Waals surface area contributed by atoms with Crippen molar-refractivity contribution < 1.29 is 14.3 Å². The summed E-state index contributed by atoms with van der Waals surface area (Å²) < 4.78 is 14.3. The Hall–Kier alpha value is -0.940. The fourth-order valence-corrected chi connectivity index (χ4v) is 3.10. The molecule has 0 aliphatic rings. The van der Waals surface area contributed by atoms with Crippen LogP contribution in [0.25, 0.3) is 10.1 Å². The van der Waals surface area contributed by atoms with Crippen LogP contribution >= 0.6 is 27.3 Å². The number of hydrogen-bond acceptors (Lipinski definition) is 2. The molecule has 0 fully saturated rings. The molecule has 0 saturated heterocycles. The van der Waals surface area contributed by atoms with Gasteiger partial charge in [0.15, 0.2) is 0 Å². The standard InChI is InChI=1S/C9H4BrFO2S/c10-7-6-4(11)2-1-3-5(6)14-8(7)9(12)13/h1-3H,(H,12,13). The highest BCUT2D eigenvalue weighted by Gasteiger charge is 2.17. The van der Waals surface area contributed by atoms with Gasteiger partial charge in [0.05, 0.1) is 4.47 Å². The highest BCUT2D eigenvalue weighted by atomic mass is 79.9. The zero-order valence-electron chi connectivity index (χ0n) is 6.75. The Bertz CT molecular complexity index is 521. The Balaban J connectivity index is 2.87. The molecule has 0 aliphatic heterocycles. The SMILES string of the molecule is O=C(O)c1sc2cccc(F)c2c1Br. The van der Waals surface area contributed by atoms with E-state index in [2.05, 4.69) is 15.9 Å². The van der Waals surface area contributed by atoms with Gasteiger partial charge in [-0.2, -0.15) is 0 Å². The van der Waals surface area contributed by atoms with Crippen molar-refractivity contribution in [3.8, 4) is 0 Å². The van der Waals surface area contributed by atoms with Gasteiger partial charge in [0.2, 0.25) is 0 Å². The number of carboxylic acids is 1. The van der Waals surface area contributed by atoms with Gasteiger partial charge in [-0.25, -0.2) is 9.18 Å². The summed E-state index contributed by atoms with van der Waals surface area (Å²) in [4.78, 5) is 10.9. The lowest BCUT2D eigenvalue weighted by Gasteiger charge is -1.91. The van der Waals surface area contributed by atoms with Gasteiger partial charge >= 0.3 is 5.97 Å². The highest BCUT2D eigenvalue weighted by molar-refractivity contribution is 9.10. The molecular weight excluding hydrogens is 271 g/mol. The normalized spacial score (nSPS) is 10.7. The van der Waals surface area contributed by atoms with Crippen LogP contribution < -0.4 is 0 Å². The van der Waals surface area contributed by atoms with Gasteiger partial charge in [-0.05, 0) is 28.1 Å². The fourth-order valence-electron chi connectivity index (χ4n) is 1.21. The van der Waals surface area contributed by atoms with Gasteiger partial charge in [-0.15, -0.1) is 11.3 Å². The monoisotopic (exact) mass is 274 g/mol. The summed E-state index contributed by atoms with van der Waals surface area (Å²) in [5.74, 6) is -1.45. The number of carboxylic acid groups (broad SMARTS) is 1. The van der Waals surface area contributed by atoms with Crippen molar-refractivity contribution in [2.75, 3.05) is 0 Å². The second-order valence-corrected chi connectivity index (χ2v) is 4.51. The molecule has 0 bridgehead atoms. The quantitative estimate of drug-likeness (QED) is 0.864. The largest absolute Gasteiger partial charge is 0.477 e. The zero-order valence-corrected chi connectivity index (χ0v) is 9.15. The number of fused-ring (bicyclic) bond motifs is 1. The number of carbonyl (C=O) groups is 1. The summed E-state index contributed by atoms with van der Waals surface area (Å²) in [5.41, 5.74) is 0. The van der Waals surface area contributed by atoms with Crippen LogP contribution in [0.2, 0.25) is 0 Å². The average Bonchev–Trinajstić information content (AvgIpc) is 2.45. The summed E-state index contributed by atoms with van der Waals surface area (Å²) in [6.45, 7) is 0. The molecule has 5 heteroatoms. The van der Waals surface area contributed by atoms with Crippen LogP contribution in [0.3, 0.4) is 0 Å². The third-order valence-corrected chi connectivity index (χ3v) is 4.00. The van der Waals surface area contributed by atoms with Crippen LogP contribution in [0, 0.1) is 5.82 Å². The lowest BCUT2D eigenvalue weighted by Crippen LogP contribution is -1.91. The van der Waals surface area contributed by atoms with Crippen LogP contribution in [0.15, 0.2) is 22.7 Å². The third kappa shape index (κ3) is 1.33. The molecule has 72 valence electrons. The molecule has 2 nitrogen and oxygen atoms in total. The summed E-state index contributed by atoms with van der Waals surface area (Å²) in [5, 5.41) is 9.16. The lowest BCUT2D eigenvalue weighted by atomic mass is 10.2. The van der Waals surface area contributed by atoms with Gasteiger partial charge in [0, 0.05) is 10.1 Å². The summed E-state index contributed by atoms with van der Waals surface area (Å²) >= 11 is 4.15. The Labute approximate surface area is 91.1 Å². The van der Waals surface area contributed by atoms with Gasteiger partial charge in [0.25, 0.3) is 0 Å². The average molecular weight is 275 g/mol. The van der Waals surface area contributed by atoms with Gasteiger partial charge in [-0.1, -0.05) is 6.07 Å². The van der Waals surface area contributed by atoms with Crippen LogP contribution in [-0.2, 0) is 0 Å². The second-order valence-electron chi connectivity index (χ2n) is 2.66. The Morgan fingerprint density at radius 3 is 2.79 bits per heavy atom. The maximum atomic E-state index is 13.3. The molecule has 0 radical (unpaired) electrons. The van der Waals surface area contributed by atoms with Crippen molar-refractivity contribution >= 4 is 43.3 Å². The molecule has 1 heterocycles. The summed E-state index contributed by atoms with van der Waals surface area (Å²) in [6.07, 6.45) is 0. The molecule has 1 aromatic heterocycles. The molecule has 0 atom stereocenters. The minimum Gasteiger partial charge on any atom is -0.477 e. The van der Waals surface area contributed by atoms with E-state index >= 15 is 0 Å². The summed E-state index contributed by atoms with van der Waals surface area (Å²) in [7, 11) is 0. The smallest absolute Gasteiger partial charge is 0.347 e. The molecule has 1 N–H and O–H groups in total. The number of thiophene rings is 1. The van der Waals surface area contributed by atoms with E-state index < -0.39 is 11.8 Å². The molecule has 1 aromatic carbocycles. The van der Waals surface area contributed by atoms with Crippen molar-refractivity contribution in [1.29, 1.82) is 0 Å². The van der Waals surface area contributed by atoms with E-state index in [1.165, 1.54) is 6.07 Å². The zero-order chi connectivity index (χ0) is 10.3. The molecule has 0 unspecified atom stereocenters. The molecule has 14 heavy (non-hydrogen) atoms. The maximum absolute atomic E-state index is 13.3. The van der Waals surface area contributed by atoms with Crippen LogP contribution in [0.5, 0.6) is 0 Å². The van der Waals surface area contributed by atoms with Crippen molar-refractivity contribution in [1.82, 2.24) is 0 Å². The third-order valence-electron chi connectivity index (χ3n) is 1.80. The first-order valence-electron chi connectivity index (χ1n) is 3.71. The number of halogens is 2. The lowest BCUT2D eigenvalue weighted by molar-refractivity contribution is 0.0701. The molecule has 0 spiro atoms. The van der Waals surface area contributed by atoms with E-state index in [1.807, 2.05) is 0 Å². The number of benzene rings is 1. The molecule has 0 aliphatic carbocycles. The van der Waals surface area contributed by atoms with Crippen molar-refractivity contribution in [3.63, 3.8) is 0 Å². The summed E-state index contributed by atoms with van der Waals surface area (Å²) in [6, 6.07) is 4.57. The molecule has 2 aromatic rings. The van der Waals surface area contributed by atoms with E-state index in [9.17, 15) is 9.18 Å². The Morgan fingerprint density at radius 1 is 1.50 bits per heavy atom. The van der Waals surface area contributed by atoms with Crippen LogP contribution in [0.4, 0.5) is 4.39 Å². The first kappa shape index (κ1) is 9.61. The maximum Gasteiger partial charge on any atom is 0.347 e. The minimum absolute atomic E-state index is 0.130. The molecule has 0 amide bonds. The van der Waals surface area contributed by atoms with Gasteiger partial charge in [-0.3, -0.25) is 0 Å². The molecule has 2 rings (SSSR count). The topological polar surface area (TPSA) is 37.3 Å². The minimum atomic E-state index is -1.04.